The summed E-state index contributed by atoms with van der Waals surface area (Å²) < 4.78 is 0. The molecule has 2 N–H and O–H groups in total. The van der Waals surface area contributed by atoms with Gasteiger partial charge in [-0.1, -0.05) is 0 Å². The third-order valence-electron chi connectivity index (χ3n) is 3.23. The zero-order chi connectivity index (χ0) is 11.7. The number of likely N-dealkylation sites (N-methyl/N-ethyl adjacent to an activating group) is 1. The van der Waals surface area contributed by atoms with Gasteiger partial charge in [0.2, 0.25) is 0 Å². The molecule has 1 aliphatic heterocycles. The van der Waals surface area contributed by atoms with Crippen molar-refractivity contribution in [2.45, 2.75) is 19.4 Å². The first-order chi connectivity index (χ1) is 7.58. The van der Waals surface area contributed by atoms with E-state index in [1.807, 2.05) is 19.2 Å². The van der Waals surface area contributed by atoms with E-state index in [-0.39, 0.29) is 0 Å². The van der Waals surface area contributed by atoms with Crippen molar-refractivity contribution < 1.29 is 0 Å². The van der Waals surface area contributed by atoms with Crippen molar-refractivity contribution in [2.75, 3.05) is 37.8 Å². The Labute approximate surface area is 97.1 Å². The highest BCUT2D eigenvalue weighted by Gasteiger charge is 2.25. The van der Waals surface area contributed by atoms with Crippen LogP contribution in [0.5, 0.6) is 0 Å². The van der Waals surface area contributed by atoms with Gasteiger partial charge in [0.1, 0.15) is 0 Å². The number of nitrogens with two attached hydrogens (primary N) is 1. The Kier molecular flexibility index (Phi) is 3.01. The molecule has 2 rings (SSSR count). The first kappa shape index (κ1) is 11.2. The minimum atomic E-state index is 0.613. The standard InChI is InChI=1S/C12H20N4/c1-9-6-11(13)12(14-7-9)16-5-4-10(8-16)15(2)3/h6-7,10H,4-5,8,13H2,1-3H3. The lowest BCUT2D eigenvalue weighted by atomic mass is 10.2. The minimum absolute atomic E-state index is 0.613. The van der Waals surface area contributed by atoms with Gasteiger partial charge in [-0.3, -0.25) is 0 Å². The monoisotopic (exact) mass is 220 g/mol. The molecule has 0 spiro atoms. The van der Waals surface area contributed by atoms with Crippen LogP contribution in [0, 0.1) is 6.92 Å². The molecule has 0 radical (unpaired) electrons. The van der Waals surface area contributed by atoms with Gasteiger partial charge in [0, 0.05) is 25.3 Å². The van der Waals surface area contributed by atoms with Crippen molar-refractivity contribution in [3.63, 3.8) is 0 Å². The number of anilines is 2. The first-order valence-electron chi connectivity index (χ1n) is 5.71. The molecule has 88 valence electrons. The lowest BCUT2D eigenvalue weighted by molar-refractivity contribution is 0.315. The van der Waals surface area contributed by atoms with E-state index in [1.165, 1.54) is 6.42 Å². The van der Waals surface area contributed by atoms with Gasteiger partial charge in [-0.2, -0.15) is 0 Å². The SMILES string of the molecule is Cc1cnc(N2CCC(N(C)C)C2)c(N)c1. The molecule has 1 aromatic heterocycles. The summed E-state index contributed by atoms with van der Waals surface area (Å²) in [6.07, 6.45) is 3.07. The molecule has 1 unspecified atom stereocenters. The van der Waals surface area contributed by atoms with Crippen LogP contribution in [0.2, 0.25) is 0 Å². The Balaban J connectivity index is 2.14. The fraction of sp³-hybridized carbons (Fsp3) is 0.583. The summed E-state index contributed by atoms with van der Waals surface area (Å²) in [5, 5.41) is 0. The van der Waals surface area contributed by atoms with E-state index in [4.69, 9.17) is 5.73 Å². The normalized spacial score (nSPS) is 20.8. The average molecular weight is 220 g/mol. The van der Waals surface area contributed by atoms with Crippen LogP contribution in [-0.4, -0.2) is 43.1 Å². The molecule has 0 saturated carbocycles. The molecule has 0 bridgehead atoms. The van der Waals surface area contributed by atoms with Gasteiger partial charge in [0.05, 0.1) is 5.69 Å². The molecule has 1 fully saturated rings. The number of pyridine rings is 1. The van der Waals surface area contributed by atoms with Crippen molar-refractivity contribution in [2.24, 2.45) is 0 Å². The van der Waals surface area contributed by atoms with Gasteiger partial charge in [0.15, 0.2) is 5.82 Å². The largest absolute Gasteiger partial charge is 0.396 e. The lowest BCUT2D eigenvalue weighted by Gasteiger charge is -2.22. The number of hydrogen-bond acceptors (Lipinski definition) is 4. The third kappa shape index (κ3) is 2.11. The van der Waals surface area contributed by atoms with Crippen molar-refractivity contribution in [3.8, 4) is 0 Å². The maximum absolute atomic E-state index is 6.00. The first-order valence-corrected chi connectivity index (χ1v) is 5.71. The van der Waals surface area contributed by atoms with Crippen molar-refractivity contribution in [1.82, 2.24) is 9.88 Å². The van der Waals surface area contributed by atoms with Crippen LogP contribution in [0.15, 0.2) is 12.3 Å². The highest BCUT2D eigenvalue weighted by molar-refractivity contribution is 5.63. The van der Waals surface area contributed by atoms with Gasteiger partial charge in [-0.15, -0.1) is 0 Å². The molecule has 0 aromatic carbocycles. The van der Waals surface area contributed by atoms with Gasteiger partial charge in [0.25, 0.3) is 0 Å². The van der Waals surface area contributed by atoms with E-state index < -0.39 is 0 Å². The molecule has 0 aliphatic carbocycles. The maximum atomic E-state index is 6.00. The summed E-state index contributed by atoms with van der Waals surface area (Å²) in [5.74, 6) is 0.940. The van der Waals surface area contributed by atoms with Crippen LogP contribution in [0.25, 0.3) is 0 Å². The Morgan fingerprint density at radius 1 is 1.50 bits per heavy atom. The van der Waals surface area contributed by atoms with Crippen LogP contribution in [0.4, 0.5) is 11.5 Å². The molecular weight excluding hydrogens is 200 g/mol. The molecule has 4 heteroatoms. The summed E-state index contributed by atoms with van der Waals surface area (Å²) in [6.45, 7) is 4.08. The fourth-order valence-corrected chi connectivity index (χ4v) is 2.20. The lowest BCUT2D eigenvalue weighted by Crippen LogP contribution is -2.32. The number of aryl methyl sites for hydroxylation is 1. The maximum Gasteiger partial charge on any atom is 0.151 e. The average Bonchev–Trinajstić information content (AvgIpc) is 2.66. The number of nitrogen functional groups attached to an aromatic ring is 1. The molecule has 1 atom stereocenters. The summed E-state index contributed by atoms with van der Waals surface area (Å²) >= 11 is 0. The molecule has 1 aliphatic rings. The molecule has 4 nitrogen and oxygen atoms in total. The summed E-state index contributed by atoms with van der Waals surface area (Å²) in [6, 6.07) is 2.60. The number of aromatic nitrogens is 1. The quantitative estimate of drug-likeness (QED) is 0.811. The van der Waals surface area contributed by atoms with E-state index in [1.54, 1.807) is 0 Å². The molecule has 1 aromatic rings. The van der Waals surface area contributed by atoms with Crippen molar-refractivity contribution >= 4 is 11.5 Å². The Bertz CT molecular complexity index is 375. The van der Waals surface area contributed by atoms with Gasteiger partial charge >= 0.3 is 0 Å². The van der Waals surface area contributed by atoms with Crippen LogP contribution in [-0.2, 0) is 0 Å². The molecule has 16 heavy (non-hydrogen) atoms. The molecular formula is C12H20N4. The van der Waals surface area contributed by atoms with E-state index >= 15 is 0 Å². The number of rotatable bonds is 2. The van der Waals surface area contributed by atoms with E-state index in [9.17, 15) is 0 Å². The van der Waals surface area contributed by atoms with Crippen molar-refractivity contribution in [3.05, 3.63) is 17.8 Å². The van der Waals surface area contributed by atoms with Gasteiger partial charge in [-0.25, -0.2) is 4.98 Å². The highest BCUT2D eigenvalue weighted by Crippen LogP contribution is 2.25. The zero-order valence-corrected chi connectivity index (χ0v) is 10.3. The fourth-order valence-electron chi connectivity index (χ4n) is 2.20. The number of hydrogen-bond donors (Lipinski definition) is 1. The van der Waals surface area contributed by atoms with Crippen LogP contribution in [0.3, 0.4) is 0 Å². The highest BCUT2D eigenvalue weighted by atomic mass is 15.3. The van der Waals surface area contributed by atoms with Crippen LogP contribution in [0.1, 0.15) is 12.0 Å². The Morgan fingerprint density at radius 3 is 2.81 bits per heavy atom. The van der Waals surface area contributed by atoms with E-state index in [2.05, 4.69) is 28.9 Å². The Hall–Kier alpha value is -1.29. The number of nitrogens with zero attached hydrogens (tertiary/aromatic N) is 3. The predicted octanol–water partition coefficient (Wildman–Crippen LogP) is 1.11. The second-order valence-electron chi connectivity index (χ2n) is 4.78. The smallest absolute Gasteiger partial charge is 0.151 e. The summed E-state index contributed by atoms with van der Waals surface area (Å²) in [5.41, 5.74) is 7.91. The van der Waals surface area contributed by atoms with E-state index in [0.717, 1.165) is 30.2 Å². The minimum Gasteiger partial charge on any atom is -0.396 e. The van der Waals surface area contributed by atoms with Crippen LogP contribution < -0.4 is 10.6 Å². The zero-order valence-electron chi connectivity index (χ0n) is 10.3. The summed E-state index contributed by atoms with van der Waals surface area (Å²) in [4.78, 5) is 8.98. The molecule has 1 saturated heterocycles. The topological polar surface area (TPSA) is 45.4 Å². The predicted molar refractivity (Wildman–Crippen MR) is 67.7 cm³/mol. The van der Waals surface area contributed by atoms with Gasteiger partial charge < -0.3 is 15.5 Å². The van der Waals surface area contributed by atoms with Crippen LogP contribution >= 0.6 is 0 Å². The molecule has 2 heterocycles. The molecule has 0 amide bonds. The second-order valence-corrected chi connectivity index (χ2v) is 4.78. The summed E-state index contributed by atoms with van der Waals surface area (Å²) in [7, 11) is 4.25. The Morgan fingerprint density at radius 2 is 2.25 bits per heavy atom. The van der Waals surface area contributed by atoms with E-state index in [0.29, 0.717) is 6.04 Å². The second kappa shape index (κ2) is 4.29. The third-order valence-corrected chi connectivity index (χ3v) is 3.23. The van der Waals surface area contributed by atoms with Gasteiger partial charge in [-0.05, 0) is 39.1 Å². The van der Waals surface area contributed by atoms with Crippen molar-refractivity contribution in [1.29, 1.82) is 0 Å².